The molecule has 2 aromatic rings. The van der Waals surface area contributed by atoms with Crippen molar-refractivity contribution >= 4 is 5.91 Å². The molecule has 0 spiro atoms. The van der Waals surface area contributed by atoms with Crippen LogP contribution in [0, 0.1) is 0 Å². The average molecular weight is 332 g/mol. The van der Waals surface area contributed by atoms with Crippen LogP contribution in [0.4, 0.5) is 0 Å². The normalized spacial score (nSPS) is 22.2. The molecule has 4 heterocycles. The van der Waals surface area contributed by atoms with Crippen molar-refractivity contribution in [1.29, 1.82) is 0 Å². The highest BCUT2D eigenvalue weighted by Crippen LogP contribution is 2.18. The monoisotopic (exact) mass is 332 g/mol. The van der Waals surface area contributed by atoms with E-state index in [1.54, 1.807) is 18.4 Å². The highest BCUT2D eigenvalue weighted by atomic mass is 16.5. The predicted molar refractivity (Wildman–Crippen MR) is 82.8 cm³/mol. The van der Waals surface area contributed by atoms with Gasteiger partial charge in [-0.05, 0) is 25.0 Å². The fraction of sp³-hybridized carbons (Fsp3) is 0.562. The van der Waals surface area contributed by atoms with E-state index >= 15 is 0 Å². The third-order valence-corrected chi connectivity index (χ3v) is 4.46. The quantitative estimate of drug-likeness (QED) is 0.830. The van der Waals surface area contributed by atoms with E-state index in [4.69, 9.17) is 13.7 Å². The maximum absolute atomic E-state index is 12.3. The van der Waals surface area contributed by atoms with Crippen LogP contribution in [0.5, 0.6) is 0 Å². The summed E-state index contributed by atoms with van der Waals surface area (Å²) in [7, 11) is 0. The van der Waals surface area contributed by atoms with Gasteiger partial charge in [0.15, 0.2) is 5.76 Å². The molecule has 2 fully saturated rings. The van der Waals surface area contributed by atoms with E-state index in [0.29, 0.717) is 43.7 Å². The van der Waals surface area contributed by atoms with Crippen molar-refractivity contribution < 1.29 is 18.5 Å². The molecule has 0 radical (unpaired) electrons. The van der Waals surface area contributed by atoms with E-state index in [-0.39, 0.29) is 12.0 Å². The Morgan fingerprint density at radius 2 is 2.17 bits per heavy atom. The Labute approximate surface area is 139 Å². The Morgan fingerprint density at radius 3 is 2.88 bits per heavy atom. The average Bonchev–Trinajstić information content (AvgIpc) is 3.36. The fourth-order valence-electron chi connectivity index (χ4n) is 3.12. The van der Waals surface area contributed by atoms with Crippen LogP contribution < -0.4 is 0 Å². The molecule has 2 saturated heterocycles. The van der Waals surface area contributed by atoms with Gasteiger partial charge in [0.05, 0.1) is 12.8 Å². The molecule has 0 N–H and O–H groups in total. The number of aromatic nitrogens is 2. The summed E-state index contributed by atoms with van der Waals surface area (Å²) in [6, 6.07) is 3.58. The lowest BCUT2D eigenvalue weighted by Gasteiger charge is -2.35. The van der Waals surface area contributed by atoms with Gasteiger partial charge in [-0.3, -0.25) is 9.69 Å². The van der Waals surface area contributed by atoms with Gasteiger partial charge < -0.3 is 18.6 Å². The maximum Gasteiger partial charge on any atom is 0.251 e. The molecule has 2 aliphatic rings. The molecule has 1 atom stereocenters. The molecule has 0 bridgehead atoms. The van der Waals surface area contributed by atoms with Crippen LogP contribution in [-0.4, -0.2) is 64.7 Å². The highest BCUT2D eigenvalue weighted by molar-refractivity contribution is 5.81. The lowest BCUT2D eigenvalue weighted by atomic mass is 10.2. The lowest BCUT2D eigenvalue weighted by molar-refractivity contribution is -0.142. The zero-order valence-corrected chi connectivity index (χ0v) is 13.4. The number of carbonyl (C=O) groups is 1. The third-order valence-electron chi connectivity index (χ3n) is 4.46. The number of nitrogens with zero attached hydrogens (tertiary/aromatic N) is 4. The van der Waals surface area contributed by atoms with Crippen molar-refractivity contribution in [3.05, 3.63) is 24.3 Å². The van der Waals surface area contributed by atoms with E-state index in [0.717, 1.165) is 25.9 Å². The fourth-order valence-corrected chi connectivity index (χ4v) is 3.12. The lowest BCUT2D eigenvalue weighted by Crippen LogP contribution is -2.51. The summed E-state index contributed by atoms with van der Waals surface area (Å²) in [5.41, 5.74) is 0. The zero-order chi connectivity index (χ0) is 16.4. The number of rotatable bonds is 4. The molecule has 1 amide bonds. The van der Waals surface area contributed by atoms with Crippen LogP contribution in [0.1, 0.15) is 18.7 Å². The molecule has 128 valence electrons. The minimum absolute atomic E-state index is 0.130. The Hall–Kier alpha value is -2.19. The van der Waals surface area contributed by atoms with Gasteiger partial charge in [0.2, 0.25) is 11.7 Å². The topological polar surface area (TPSA) is 84.8 Å². The first-order valence-electron chi connectivity index (χ1n) is 8.29. The Bertz CT molecular complexity index is 670. The zero-order valence-electron chi connectivity index (χ0n) is 13.4. The number of piperazine rings is 1. The van der Waals surface area contributed by atoms with Crippen LogP contribution >= 0.6 is 0 Å². The molecule has 1 unspecified atom stereocenters. The van der Waals surface area contributed by atoms with E-state index in [9.17, 15) is 4.79 Å². The summed E-state index contributed by atoms with van der Waals surface area (Å²) >= 11 is 0. The Morgan fingerprint density at radius 1 is 1.29 bits per heavy atom. The maximum atomic E-state index is 12.3. The predicted octanol–water partition coefficient (Wildman–Crippen LogP) is 1.15. The Balaban J connectivity index is 1.29. The second-order valence-electron chi connectivity index (χ2n) is 6.09. The van der Waals surface area contributed by atoms with Gasteiger partial charge >= 0.3 is 0 Å². The second kappa shape index (κ2) is 6.74. The highest BCUT2D eigenvalue weighted by Gasteiger charge is 2.30. The smallest absolute Gasteiger partial charge is 0.251 e. The Kier molecular flexibility index (Phi) is 4.31. The number of furan rings is 1. The summed E-state index contributed by atoms with van der Waals surface area (Å²) in [5, 5.41) is 3.93. The molecule has 0 aromatic carbocycles. The molecule has 24 heavy (non-hydrogen) atoms. The molecule has 8 nitrogen and oxygen atoms in total. The number of hydrogen-bond acceptors (Lipinski definition) is 7. The van der Waals surface area contributed by atoms with Gasteiger partial charge in [0.25, 0.3) is 5.91 Å². The van der Waals surface area contributed by atoms with Gasteiger partial charge in [0.1, 0.15) is 6.10 Å². The van der Waals surface area contributed by atoms with Crippen molar-refractivity contribution in [2.45, 2.75) is 25.5 Å². The van der Waals surface area contributed by atoms with Gasteiger partial charge in [-0.1, -0.05) is 5.16 Å². The van der Waals surface area contributed by atoms with Crippen LogP contribution in [0.2, 0.25) is 0 Å². The van der Waals surface area contributed by atoms with Crippen LogP contribution in [-0.2, 0) is 16.1 Å². The second-order valence-corrected chi connectivity index (χ2v) is 6.09. The van der Waals surface area contributed by atoms with E-state index in [1.807, 2.05) is 4.90 Å². The summed E-state index contributed by atoms with van der Waals surface area (Å²) in [6.45, 7) is 4.27. The van der Waals surface area contributed by atoms with Crippen LogP contribution in [0.3, 0.4) is 0 Å². The van der Waals surface area contributed by atoms with Crippen molar-refractivity contribution in [2.24, 2.45) is 0 Å². The molecule has 2 aromatic heterocycles. The van der Waals surface area contributed by atoms with Gasteiger partial charge in [-0.15, -0.1) is 0 Å². The first kappa shape index (κ1) is 15.3. The summed E-state index contributed by atoms with van der Waals surface area (Å²) in [4.78, 5) is 20.8. The standard InChI is InChI=1S/C16H20N4O4/c21-16(13-4-2-10-23-13)20-7-5-19(6-8-20)11-14-17-15(18-24-14)12-3-1-9-22-12/h1,3,9,13H,2,4-8,10-11H2. The van der Waals surface area contributed by atoms with Crippen molar-refractivity contribution in [2.75, 3.05) is 32.8 Å². The molecular weight excluding hydrogens is 312 g/mol. The largest absolute Gasteiger partial charge is 0.461 e. The van der Waals surface area contributed by atoms with Gasteiger partial charge in [-0.25, -0.2) is 0 Å². The number of ether oxygens (including phenoxy) is 1. The van der Waals surface area contributed by atoms with Gasteiger partial charge in [-0.2, -0.15) is 4.98 Å². The summed E-state index contributed by atoms with van der Waals surface area (Å²) in [6.07, 6.45) is 3.17. The number of hydrogen-bond donors (Lipinski definition) is 0. The summed E-state index contributed by atoms with van der Waals surface area (Å²) < 4.78 is 16.0. The molecule has 2 aliphatic heterocycles. The molecular formula is C16H20N4O4. The van der Waals surface area contributed by atoms with Crippen molar-refractivity contribution in [1.82, 2.24) is 19.9 Å². The number of amides is 1. The molecule has 0 saturated carbocycles. The number of carbonyl (C=O) groups excluding carboxylic acids is 1. The van der Waals surface area contributed by atoms with Gasteiger partial charge in [0, 0.05) is 32.8 Å². The van der Waals surface area contributed by atoms with Crippen LogP contribution in [0.25, 0.3) is 11.6 Å². The summed E-state index contributed by atoms with van der Waals surface area (Å²) in [5.74, 6) is 1.74. The minimum atomic E-state index is -0.233. The third kappa shape index (κ3) is 3.20. The molecule has 8 heteroatoms. The molecule has 4 rings (SSSR count). The minimum Gasteiger partial charge on any atom is -0.461 e. The first-order chi connectivity index (χ1) is 11.8. The van der Waals surface area contributed by atoms with Crippen LogP contribution in [0.15, 0.2) is 27.3 Å². The molecule has 0 aliphatic carbocycles. The first-order valence-corrected chi connectivity index (χ1v) is 8.29. The van der Waals surface area contributed by atoms with E-state index < -0.39 is 0 Å². The van der Waals surface area contributed by atoms with Crippen molar-refractivity contribution in [3.63, 3.8) is 0 Å². The van der Waals surface area contributed by atoms with E-state index in [1.165, 1.54) is 0 Å². The SMILES string of the molecule is O=C(C1CCCO1)N1CCN(Cc2nc(-c3ccco3)no2)CC1. The van der Waals surface area contributed by atoms with Crippen molar-refractivity contribution in [3.8, 4) is 11.6 Å². The van der Waals surface area contributed by atoms with E-state index in [2.05, 4.69) is 15.0 Å².